The molecule has 1 aliphatic rings. The number of fused-ring (bicyclic) bond motifs is 1. The number of aromatic nitrogens is 2. The molecule has 2 aromatic carbocycles. The number of carbonyl (C=O) groups is 2. The van der Waals surface area contributed by atoms with E-state index < -0.39 is 5.91 Å². The molecule has 2 heterocycles. The summed E-state index contributed by atoms with van der Waals surface area (Å²) in [6, 6.07) is 14.7. The molecule has 0 fully saturated rings. The van der Waals surface area contributed by atoms with Gasteiger partial charge in [-0.2, -0.15) is 5.10 Å². The Kier molecular flexibility index (Phi) is 5.38. The molecule has 1 aliphatic heterocycles. The summed E-state index contributed by atoms with van der Waals surface area (Å²) < 4.78 is 12.4. The number of hydrogen-bond acceptors (Lipinski definition) is 5. The van der Waals surface area contributed by atoms with Gasteiger partial charge in [-0.1, -0.05) is 18.2 Å². The average molecular weight is 406 g/mol. The largest absolute Gasteiger partial charge is 0.454 e. The first-order valence-electron chi connectivity index (χ1n) is 9.62. The van der Waals surface area contributed by atoms with Gasteiger partial charge in [0.1, 0.15) is 0 Å². The van der Waals surface area contributed by atoms with Gasteiger partial charge < -0.3 is 9.47 Å². The summed E-state index contributed by atoms with van der Waals surface area (Å²) in [6.07, 6.45) is 0.750. The predicted molar refractivity (Wildman–Crippen MR) is 110 cm³/mol. The fourth-order valence-corrected chi connectivity index (χ4v) is 3.39. The maximum absolute atomic E-state index is 12.3. The second kappa shape index (κ2) is 8.28. The number of ether oxygens (including phenoxy) is 2. The van der Waals surface area contributed by atoms with Crippen LogP contribution in [0.15, 0.2) is 48.5 Å². The summed E-state index contributed by atoms with van der Waals surface area (Å²) >= 11 is 0. The van der Waals surface area contributed by atoms with Gasteiger partial charge in [0.25, 0.3) is 5.91 Å². The highest BCUT2D eigenvalue weighted by atomic mass is 16.7. The molecule has 30 heavy (non-hydrogen) atoms. The van der Waals surface area contributed by atoms with Crippen LogP contribution in [-0.4, -0.2) is 28.4 Å². The summed E-state index contributed by atoms with van der Waals surface area (Å²) in [7, 11) is 0. The molecule has 0 bridgehead atoms. The van der Waals surface area contributed by atoms with E-state index in [1.165, 1.54) is 0 Å². The van der Waals surface area contributed by atoms with Gasteiger partial charge in [-0.25, -0.2) is 4.68 Å². The minimum Gasteiger partial charge on any atom is -0.454 e. The maximum atomic E-state index is 12.3. The molecule has 3 aromatic rings. The number of carbonyl (C=O) groups excluding carboxylic acids is 2. The van der Waals surface area contributed by atoms with Crippen molar-refractivity contribution in [2.24, 2.45) is 0 Å². The number of hydrogen-bond donors (Lipinski definition) is 2. The fourth-order valence-electron chi connectivity index (χ4n) is 3.39. The standard InChI is InChI=1S/C22H22N4O4/c1-14-18(15(2)26(25-14)17-6-4-3-5-7-17)9-11-21(27)23-24-22(28)16-8-10-19-20(12-16)30-13-29-19/h3-8,10,12H,9,11,13H2,1-2H3,(H,23,27)(H,24,28). The third-order valence-electron chi connectivity index (χ3n) is 4.99. The van der Waals surface area contributed by atoms with E-state index in [1.54, 1.807) is 18.2 Å². The van der Waals surface area contributed by atoms with Crippen LogP contribution in [0.5, 0.6) is 11.5 Å². The Bertz CT molecular complexity index is 1090. The van der Waals surface area contributed by atoms with Crippen molar-refractivity contribution in [1.82, 2.24) is 20.6 Å². The molecular weight excluding hydrogens is 384 g/mol. The number of aryl methyl sites for hydroxylation is 1. The summed E-state index contributed by atoms with van der Waals surface area (Å²) in [5.74, 6) is 0.397. The lowest BCUT2D eigenvalue weighted by molar-refractivity contribution is -0.121. The summed E-state index contributed by atoms with van der Waals surface area (Å²) in [5, 5.41) is 4.59. The van der Waals surface area contributed by atoms with Gasteiger partial charge in [-0.15, -0.1) is 0 Å². The number of nitrogens with zero attached hydrogens (tertiary/aromatic N) is 2. The molecule has 0 saturated heterocycles. The van der Waals surface area contributed by atoms with Crippen LogP contribution in [0, 0.1) is 13.8 Å². The van der Waals surface area contributed by atoms with E-state index in [9.17, 15) is 9.59 Å². The molecule has 154 valence electrons. The zero-order valence-electron chi connectivity index (χ0n) is 16.8. The molecule has 0 spiro atoms. The van der Waals surface area contributed by atoms with E-state index in [-0.39, 0.29) is 19.1 Å². The average Bonchev–Trinajstić information content (AvgIpc) is 3.34. The van der Waals surface area contributed by atoms with E-state index in [1.807, 2.05) is 48.9 Å². The van der Waals surface area contributed by atoms with Gasteiger partial charge in [0.15, 0.2) is 11.5 Å². The Hall–Kier alpha value is -3.81. The second-order valence-corrected chi connectivity index (χ2v) is 6.97. The second-order valence-electron chi connectivity index (χ2n) is 6.97. The van der Waals surface area contributed by atoms with Crippen LogP contribution >= 0.6 is 0 Å². The van der Waals surface area contributed by atoms with Crippen LogP contribution in [0.3, 0.4) is 0 Å². The van der Waals surface area contributed by atoms with Crippen molar-refractivity contribution in [3.8, 4) is 17.2 Å². The minimum atomic E-state index is -0.425. The zero-order valence-corrected chi connectivity index (χ0v) is 16.8. The Labute approximate surface area is 173 Å². The number of benzene rings is 2. The first kappa shape index (κ1) is 19.5. The Morgan fingerprint density at radius 1 is 1.03 bits per heavy atom. The van der Waals surface area contributed by atoms with Crippen LogP contribution in [0.25, 0.3) is 5.69 Å². The molecule has 0 aliphatic carbocycles. The summed E-state index contributed by atoms with van der Waals surface area (Å²) in [5.41, 5.74) is 9.14. The number of hydrazine groups is 1. The molecule has 1 aromatic heterocycles. The first-order valence-corrected chi connectivity index (χ1v) is 9.62. The lowest BCUT2D eigenvalue weighted by Gasteiger charge is -2.08. The van der Waals surface area contributed by atoms with E-state index in [2.05, 4.69) is 16.0 Å². The smallest absolute Gasteiger partial charge is 0.269 e. The SMILES string of the molecule is Cc1nn(-c2ccccc2)c(C)c1CCC(=O)NNC(=O)c1ccc2c(c1)OCO2. The summed E-state index contributed by atoms with van der Waals surface area (Å²) in [4.78, 5) is 24.5. The van der Waals surface area contributed by atoms with Crippen molar-refractivity contribution in [3.63, 3.8) is 0 Å². The molecule has 2 N–H and O–H groups in total. The third kappa shape index (κ3) is 3.98. The maximum Gasteiger partial charge on any atom is 0.269 e. The van der Waals surface area contributed by atoms with Crippen molar-refractivity contribution in [3.05, 3.63) is 71.0 Å². The molecule has 2 amide bonds. The van der Waals surface area contributed by atoms with Crippen LogP contribution in [-0.2, 0) is 11.2 Å². The van der Waals surface area contributed by atoms with Crippen LogP contribution in [0.4, 0.5) is 0 Å². The lowest BCUT2D eigenvalue weighted by Crippen LogP contribution is -2.41. The van der Waals surface area contributed by atoms with Crippen molar-refractivity contribution in [2.45, 2.75) is 26.7 Å². The van der Waals surface area contributed by atoms with E-state index in [0.29, 0.717) is 23.5 Å². The normalized spacial score (nSPS) is 11.9. The third-order valence-corrected chi connectivity index (χ3v) is 4.99. The van der Waals surface area contributed by atoms with Crippen molar-refractivity contribution in [1.29, 1.82) is 0 Å². The van der Waals surface area contributed by atoms with Gasteiger partial charge in [-0.3, -0.25) is 20.4 Å². The highest BCUT2D eigenvalue weighted by molar-refractivity contribution is 5.96. The van der Waals surface area contributed by atoms with E-state index >= 15 is 0 Å². The molecule has 0 radical (unpaired) electrons. The minimum absolute atomic E-state index is 0.136. The molecule has 0 atom stereocenters. The van der Waals surface area contributed by atoms with Crippen molar-refractivity contribution < 1.29 is 19.1 Å². The number of nitrogens with one attached hydrogen (secondary N) is 2. The molecular formula is C22H22N4O4. The zero-order chi connectivity index (χ0) is 21.1. The molecule has 4 rings (SSSR count). The van der Waals surface area contributed by atoms with E-state index in [4.69, 9.17) is 9.47 Å². The molecule has 8 nitrogen and oxygen atoms in total. The Morgan fingerprint density at radius 2 is 1.80 bits per heavy atom. The summed E-state index contributed by atoms with van der Waals surface area (Å²) in [6.45, 7) is 4.06. The highest BCUT2D eigenvalue weighted by Gasteiger charge is 2.17. The topological polar surface area (TPSA) is 94.5 Å². The Balaban J connectivity index is 1.33. The van der Waals surface area contributed by atoms with Crippen LogP contribution in [0.1, 0.15) is 33.7 Å². The number of amides is 2. The van der Waals surface area contributed by atoms with Crippen molar-refractivity contribution in [2.75, 3.05) is 6.79 Å². The molecule has 0 saturated carbocycles. The van der Waals surface area contributed by atoms with Gasteiger partial charge in [0.2, 0.25) is 12.7 Å². The van der Waals surface area contributed by atoms with E-state index in [0.717, 1.165) is 22.6 Å². The van der Waals surface area contributed by atoms with Gasteiger partial charge in [0, 0.05) is 17.7 Å². The quantitative estimate of drug-likeness (QED) is 0.635. The van der Waals surface area contributed by atoms with Crippen LogP contribution in [0.2, 0.25) is 0 Å². The molecule has 8 heteroatoms. The predicted octanol–water partition coefficient (Wildman–Crippen LogP) is 2.61. The van der Waals surface area contributed by atoms with Gasteiger partial charge in [0.05, 0.1) is 11.4 Å². The molecule has 0 unspecified atom stereocenters. The van der Waals surface area contributed by atoms with Crippen LogP contribution < -0.4 is 20.3 Å². The Morgan fingerprint density at radius 3 is 2.60 bits per heavy atom. The van der Waals surface area contributed by atoms with Gasteiger partial charge in [-0.05, 0) is 56.2 Å². The highest BCUT2D eigenvalue weighted by Crippen LogP contribution is 2.32. The fraction of sp³-hybridized carbons (Fsp3) is 0.227. The number of para-hydroxylation sites is 1. The lowest BCUT2D eigenvalue weighted by atomic mass is 10.1. The monoisotopic (exact) mass is 406 g/mol. The van der Waals surface area contributed by atoms with Crippen molar-refractivity contribution >= 4 is 11.8 Å². The van der Waals surface area contributed by atoms with Gasteiger partial charge >= 0.3 is 0 Å². The number of rotatable bonds is 5. The first-order chi connectivity index (χ1) is 14.5.